The molecular formula is C18H16N6O8S2. The van der Waals surface area contributed by atoms with E-state index in [1.54, 1.807) is 0 Å². The number of thiazole rings is 1. The summed E-state index contributed by atoms with van der Waals surface area (Å²) in [6.07, 6.45) is 0.916. The van der Waals surface area contributed by atoms with Crippen molar-refractivity contribution in [1.82, 2.24) is 24.5 Å². The first kappa shape index (κ1) is 23.4. The molecule has 3 heterocycles. The second-order valence-electron chi connectivity index (χ2n) is 6.80. The lowest BCUT2D eigenvalue weighted by Gasteiger charge is -2.38. The molecule has 1 aromatic carbocycles. The molecule has 0 radical (unpaired) electrons. The molecule has 14 nitrogen and oxygen atoms in total. The van der Waals surface area contributed by atoms with Gasteiger partial charge < -0.3 is 9.52 Å². The highest BCUT2D eigenvalue weighted by Crippen LogP contribution is 2.44. The topological polar surface area (TPSA) is 182 Å². The Kier molecular flexibility index (Phi) is 6.38. The van der Waals surface area contributed by atoms with Crippen molar-refractivity contribution < 1.29 is 32.5 Å². The number of benzene rings is 1. The lowest BCUT2D eigenvalue weighted by Crippen LogP contribution is -2.48. The fourth-order valence-corrected chi connectivity index (χ4v) is 6.04. The second kappa shape index (κ2) is 9.26. The Bertz CT molecular complexity index is 1330. The standard InChI is InChI=1S/C18H16N6O8S2/c1-2-7-32-24(34(29,30)13-6-4-3-5-11(13)23(27)28)12-8-22(18(25)26)15(17-21-20-9-31-17)14-16(12)33-10-19-14/h2-6,9-10,12,15H,1,7-8H2,(H,25,26). The summed E-state index contributed by atoms with van der Waals surface area (Å²) in [7, 11) is -4.66. The Labute approximate surface area is 195 Å². The van der Waals surface area contributed by atoms with E-state index in [4.69, 9.17) is 9.25 Å². The van der Waals surface area contributed by atoms with Crippen molar-refractivity contribution in [2.24, 2.45) is 0 Å². The van der Waals surface area contributed by atoms with Crippen LogP contribution in [0.25, 0.3) is 0 Å². The maximum atomic E-state index is 13.6. The van der Waals surface area contributed by atoms with Crippen LogP contribution in [0.4, 0.5) is 10.5 Å². The number of nitrogens with zero attached hydrogens (tertiary/aromatic N) is 6. The molecule has 1 aliphatic heterocycles. The van der Waals surface area contributed by atoms with Crippen LogP contribution in [-0.4, -0.2) is 62.2 Å². The van der Waals surface area contributed by atoms with Crippen LogP contribution in [0.1, 0.15) is 28.5 Å². The molecule has 4 rings (SSSR count). The zero-order valence-corrected chi connectivity index (χ0v) is 18.8. The third-order valence-electron chi connectivity index (χ3n) is 4.87. The minimum absolute atomic E-state index is 0.0480. The summed E-state index contributed by atoms with van der Waals surface area (Å²) >= 11 is 1.07. The predicted molar refractivity (Wildman–Crippen MR) is 114 cm³/mol. The van der Waals surface area contributed by atoms with E-state index in [9.17, 15) is 28.4 Å². The first-order valence-electron chi connectivity index (χ1n) is 9.48. The number of nitro benzene ring substituents is 1. The summed E-state index contributed by atoms with van der Waals surface area (Å²) in [4.78, 5) is 33.1. The van der Waals surface area contributed by atoms with Crippen LogP contribution in [0.3, 0.4) is 0 Å². The molecule has 2 unspecified atom stereocenters. The monoisotopic (exact) mass is 508 g/mol. The number of carboxylic acid groups (broad SMARTS) is 1. The van der Waals surface area contributed by atoms with Crippen molar-refractivity contribution in [2.75, 3.05) is 13.2 Å². The summed E-state index contributed by atoms with van der Waals surface area (Å²) in [6, 6.07) is 2.49. The van der Waals surface area contributed by atoms with Crippen molar-refractivity contribution in [1.29, 1.82) is 0 Å². The first-order chi connectivity index (χ1) is 16.3. The Balaban J connectivity index is 1.86. The first-order valence-corrected chi connectivity index (χ1v) is 11.8. The van der Waals surface area contributed by atoms with Gasteiger partial charge in [-0.25, -0.2) is 18.2 Å². The van der Waals surface area contributed by atoms with E-state index >= 15 is 0 Å². The lowest BCUT2D eigenvalue weighted by molar-refractivity contribution is -0.388. The van der Waals surface area contributed by atoms with Gasteiger partial charge >= 0.3 is 6.09 Å². The van der Waals surface area contributed by atoms with Crippen molar-refractivity contribution in [2.45, 2.75) is 17.0 Å². The highest BCUT2D eigenvalue weighted by molar-refractivity contribution is 7.89. The third-order valence-corrected chi connectivity index (χ3v) is 7.55. The molecule has 0 bridgehead atoms. The number of hydrogen-bond donors (Lipinski definition) is 1. The van der Waals surface area contributed by atoms with Crippen LogP contribution in [0.2, 0.25) is 0 Å². The van der Waals surface area contributed by atoms with Crippen molar-refractivity contribution in [3.63, 3.8) is 0 Å². The zero-order chi connectivity index (χ0) is 24.5. The van der Waals surface area contributed by atoms with E-state index in [0.29, 0.717) is 9.35 Å². The van der Waals surface area contributed by atoms with Gasteiger partial charge in [-0.05, 0) is 6.07 Å². The molecule has 34 heavy (non-hydrogen) atoms. The molecule has 1 N–H and O–H groups in total. The Hall–Kier alpha value is -3.73. The molecule has 0 saturated carbocycles. The number of sulfonamides is 1. The van der Waals surface area contributed by atoms with Gasteiger partial charge in [-0.15, -0.1) is 28.1 Å². The molecule has 2 aromatic heterocycles. The van der Waals surface area contributed by atoms with Gasteiger partial charge in [-0.1, -0.05) is 22.7 Å². The Morgan fingerprint density at radius 2 is 2.24 bits per heavy atom. The molecule has 2 atom stereocenters. The summed E-state index contributed by atoms with van der Waals surface area (Å²) in [6.45, 7) is 2.82. The molecule has 0 spiro atoms. The van der Waals surface area contributed by atoms with E-state index in [2.05, 4.69) is 21.8 Å². The highest BCUT2D eigenvalue weighted by Gasteiger charge is 2.48. The van der Waals surface area contributed by atoms with E-state index in [1.807, 2.05) is 0 Å². The van der Waals surface area contributed by atoms with Gasteiger partial charge in [-0.3, -0.25) is 19.9 Å². The van der Waals surface area contributed by atoms with Crippen LogP contribution < -0.4 is 0 Å². The number of fused-ring (bicyclic) bond motifs is 1. The number of hydroxylamine groups is 1. The normalized spacial score (nSPS) is 18.0. The van der Waals surface area contributed by atoms with Crippen LogP contribution >= 0.6 is 11.3 Å². The molecule has 0 aliphatic carbocycles. The zero-order valence-electron chi connectivity index (χ0n) is 17.1. The average Bonchev–Trinajstić information content (AvgIpc) is 3.51. The molecule has 178 valence electrons. The highest BCUT2D eigenvalue weighted by atomic mass is 32.2. The molecule has 1 aliphatic rings. The maximum Gasteiger partial charge on any atom is 0.408 e. The van der Waals surface area contributed by atoms with Crippen molar-refractivity contribution >= 4 is 33.1 Å². The molecular weight excluding hydrogens is 492 g/mol. The van der Waals surface area contributed by atoms with E-state index < -0.39 is 50.3 Å². The van der Waals surface area contributed by atoms with Crippen LogP contribution in [-0.2, 0) is 14.9 Å². The van der Waals surface area contributed by atoms with E-state index in [-0.39, 0.29) is 18.2 Å². The average molecular weight is 508 g/mol. The van der Waals surface area contributed by atoms with Crippen LogP contribution in [0.15, 0.2) is 58.1 Å². The van der Waals surface area contributed by atoms with Gasteiger partial charge in [-0.2, -0.15) is 0 Å². The number of amides is 1. The number of rotatable bonds is 8. The Morgan fingerprint density at radius 1 is 1.47 bits per heavy atom. The minimum atomic E-state index is -4.66. The largest absolute Gasteiger partial charge is 0.465 e. The Morgan fingerprint density at radius 3 is 2.88 bits per heavy atom. The number of para-hydroxylation sites is 1. The van der Waals surface area contributed by atoms with Crippen molar-refractivity contribution in [3.8, 4) is 0 Å². The molecule has 0 saturated heterocycles. The predicted octanol–water partition coefficient (Wildman–Crippen LogP) is 2.37. The maximum absolute atomic E-state index is 13.6. The van der Waals surface area contributed by atoms with Crippen LogP contribution in [0, 0.1) is 10.1 Å². The molecule has 0 fully saturated rings. The lowest BCUT2D eigenvalue weighted by atomic mass is 10.0. The van der Waals surface area contributed by atoms with Gasteiger partial charge in [0, 0.05) is 12.6 Å². The fourth-order valence-electron chi connectivity index (χ4n) is 3.52. The van der Waals surface area contributed by atoms with Gasteiger partial charge in [0.1, 0.15) is 6.04 Å². The number of nitro groups is 1. The second-order valence-corrected chi connectivity index (χ2v) is 9.44. The number of hydrogen-bond acceptors (Lipinski definition) is 11. The molecule has 3 aromatic rings. The fraction of sp³-hybridized carbons (Fsp3) is 0.222. The van der Waals surface area contributed by atoms with E-state index in [0.717, 1.165) is 34.8 Å². The third kappa shape index (κ3) is 4.03. The minimum Gasteiger partial charge on any atom is -0.465 e. The van der Waals surface area contributed by atoms with Gasteiger partial charge in [0.25, 0.3) is 15.7 Å². The number of carbonyl (C=O) groups is 1. The smallest absolute Gasteiger partial charge is 0.408 e. The summed E-state index contributed by atoms with van der Waals surface area (Å²) in [5.41, 5.74) is 0.932. The summed E-state index contributed by atoms with van der Waals surface area (Å²) < 4.78 is 33.0. The summed E-state index contributed by atoms with van der Waals surface area (Å²) in [5.74, 6) is -0.0480. The number of aromatic nitrogens is 3. The SMILES string of the molecule is C=CCON(C1CN(C(=O)O)C(c2nnco2)c2ncsc21)S(=O)(=O)c1ccccc1[N+](=O)[O-]. The van der Waals surface area contributed by atoms with Crippen molar-refractivity contribution in [3.05, 3.63) is 75.4 Å². The quantitative estimate of drug-likeness (QED) is 0.268. The molecule has 16 heteroatoms. The molecule has 1 amide bonds. The van der Waals surface area contributed by atoms with Crippen LogP contribution in [0.5, 0.6) is 0 Å². The van der Waals surface area contributed by atoms with Gasteiger partial charge in [0.15, 0.2) is 10.9 Å². The van der Waals surface area contributed by atoms with E-state index in [1.165, 1.54) is 23.7 Å². The van der Waals surface area contributed by atoms with Gasteiger partial charge in [0.2, 0.25) is 12.3 Å². The summed E-state index contributed by atoms with van der Waals surface area (Å²) in [5, 5.41) is 28.8. The van der Waals surface area contributed by atoms with Gasteiger partial charge in [0.05, 0.1) is 27.6 Å².